The van der Waals surface area contributed by atoms with E-state index in [-0.39, 0.29) is 0 Å². The van der Waals surface area contributed by atoms with E-state index in [1.807, 2.05) is 6.20 Å². The van der Waals surface area contributed by atoms with Crippen molar-refractivity contribution in [1.82, 2.24) is 9.88 Å². The highest BCUT2D eigenvalue weighted by atomic mass is 79.9. The minimum absolute atomic E-state index is 0.357. The molecule has 2 rings (SSSR count). The summed E-state index contributed by atoms with van der Waals surface area (Å²) in [5, 5.41) is 0. The van der Waals surface area contributed by atoms with Crippen LogP contribution in [-0.4, -0.2) is 42.2 Å². The third-order valence-corrected chi connectivity index (χ3v) is 3.98. The summed E-state index contributed by atoms with van der Waals surface area (Å²) in [5.74, 6) is 0. The van der Waals surface area contributed by atoms with E-state index in [1.54, 1.807) is 13.3 Å². The summed E-state index contributed by atoms with van der Waals surface area (Å²) in [6.45, 7) is 2.62. The van der Waals surface area contributed by atoms with Gasteiger partial charge in [-0.25, -0.2) is 0 Å². The molecule has 0 bridgehead atoms. The molecule has 1 aliphatic heterocycles. The third-order valence-electron chi connectivity index (χ3n) is 3.54. The van der Waals surface area contributed by atoms with Gasteiger partial charge in [-0.15, -0.1) is 0 Å². The van der Waals surface area contributed by atoms with E-state index in [2.05, 4.69) is 31.9 Å². The molecular weight excluding hydrogens is 294 g/mol. The van der Waals surface area contributed by atoms with Crippen molar-refractivity contribution < 1.29 is 4.74 Å². The molecule has 0 aliphatic carbocycles. The molecule has 2 heterocycles. The van der Waals surface area contributed by atoms with Gasteiger partial charge in [-0.3, -0.25) is 9.88 Å². The van der Waals surface area contributed by atoms with Gasteiger partial charge in [0, 0.05) is 49.7 Å². The molecule has 1 saturated heterocycles. The van der Waals surface area contributed by atoms with Crippen molar-refractivity contribution >= 4 is 15.9 Å². The number of pyridine rings is 1. The van der Waals surface area contributed by atoms with Crippen LogP contribution in [-0.2, 0) is 11.3 Å². The van der Waals surface area contributed by atoms with E-state index in [4.69, 9.17) is 10.5 Å². The quantitative estimate of drug-likeness (QED) is 0.920. The van der Waals surface area contributed by atoms with Gasteiger partial charge in [0.1, 0.15) is 0 Å². The van der Waals surface area contributed by atoms with Crippen LogP contribution >= 0.6 is 15.9 Å². The van der Waals surface area contributed by atoms with Crippen LogP contribution in [0.3, 0.4) is 0 Å². The van der Waals surface area contributed by atoms with E-state index >= 15 is 0 Å². The molecule has 2 unspecified atom stereocenters. The lowest BCUT2D eigenvalue weighted by Crippen LogP contribution is -2.47. The Hall–Kier alpha value is -0.490. The van der Waals surface area contributed by atoms with E-state index in [9.17, 15) is 0 Å². The lowest BCUT2D eigenvalue weighted by molar-refractivity contribution is 0.0102. The molecule has 0 radical (unpaired) electrons. The van der Waals surface area contributed by atoms with Crippen LogP contribution in [0.1, 0.15) is 18.4 Å². The Kier molecular flexibility index (Phi) is 5.12. The first kappa shape index (κ1) is 13.9. The Bertz CT molecular complexity index is 388. The Labute approximate surface area is 117 Å². The smallest absolute Gasteiger partial charge is 0.0599 e. The number of aromatic nitrogens is 1. The molecule has 2 atom stereocenters. The van der Waals surface area contributed by atoms with Crippen molar-refractivity contribution in [1.29, 1.82) is 0 Å². The number of hydrogen-bond acceptors (Lipinski definition) is 4. The first-order valence-electron chi connectivity index (χ1n) is 6.29. The van der Waals surface area contributed by atoms with Gasteiger partial charge in [0.2, 0.25) is 0 Å². The number of piperidine rings is 1. The van der Waals surface area contributed by atoms with Gasteiger partial charge in [0.25, 0.3) is 0 Å². The fraction of sp³-hybridized carbons (Fsp3) is 0.615. The Morgan fingerprint density at radius 2 is 2.39 bits per heavy atom. The van der Waals surface area contributed by atoms with Gasteiger partial charge in [-0.05, 0) is 40.4 Å². The van der Waals surface area contributed by atoms with Crippen LogP contribution in [0, 0.1) is 0 Å². The van der Waals surface area contributed by atoms with Gasteiger partial charge in [-0.2, -0.15) is 0 Å². The first-order valence-corrected chi connectivity index (χ1v) is 7.08. The number of nitrogens with two attached hydrogens (primary N) is 1. The van der Waals surface area contributed by atoms with Crippen LogP contribution in [0.4, 0.5) is 0 Å². The number of hydrogen-bond donors (Lipinski definition) is 1. The fourth-order valence-electron chi connectivity index (χ4n) is 2.51. The molecule has 0 amide bonds. The van der Waals surface area contributed by atoms with E-state index < -0.39 is 0 Å². The number of ether oxygens (including phenoxy) is 1. The van der Waals surface area contributed by atoms with E-state index in [1.165, 1.54) is 5.56 Å². The summed E-state index contributed by atoms with van der Waals surface area (Å²) in [6.07, 6.45) is 6.18. The molecule has 0 aromatic carbocycles. The van der Waals surface area contributed by atoms with Gasteiger partial charge in [0.05, 0.1) is 6.10 Å². The second-order valence-electron chi connectivity index (χ2n) is 4.75. The summed E-state index contributed by atoms with van der Waals surface area (Å²) in [4.78, 5) is 6.63. The number of likely N-dealkylation sites (tertiary alicyclic amines) is 1. The second-order valence-corrected chi connectivity index (χ2v) is 5.67. The van der Waals surface area contributed by atoms with E-state index in [0.29, 0.717) is 18.7 Å². The maximum atomic E-state index is 5.87. The molecular formula is C13H20BrN3O. The molecule has 0 spiro atoms. The predicted octanol–water partition coefficient (Wildman–Crippen LogP) is 1.78. The number of methoxy groups -OCH3 is 1. The first-order chi connectivity index (χ1) is 8.72. The topological polar surface area (TPSA) is 51.4 Å². The zero-order valence-corrected chi connectivity index (χ0v) is 12.3. The molecule has 5 heteroatoms. The lowest BCUT2D eigenvalue weighted by Gasteiger charge is -2.38. The van der Waals surface area contributed by atoms with Gasteiger partial charge >= 0.3 is 0 Å². The standard InChI is InChI=1S/C13H20BrN3O/c1-18-13-2-3-17(12(5-13)6-15)9-10-4-11(14)8-16-7-10/h4,7-8,12-13H,2-3,5-6,9,15H2,1H3. The average Bonchev–Trinajstić information content (AvgIpc) is 2.39. The lowest BCUT2D eigenvalue weighted by atomic mass is 9.98. The Morgan fingerprint density at radius 3 is 3.06 bits per heavy atom. The summed E-state index contributed by atoms with van der Waals surface area (Å²) < 4.78 is 6.46. The molecule has 4 nitrogen and oxygen atoms in total. The van der Waals surface area contributed by atoms with Gasteiger partial charge in [0.15, 0.2) is 0 Å². The van der Waals surface area contributed by atoms with Crippen LogP contribution in [0.25, 0.3) is 0 Å². The van der Waals surface area contributed by atoms with Crippen LogP contribution in [0.5, 0.6) is 0 Å². The van der Waals surface area contributed by atoms with Crippen LogP contribution in [0.2, 0.25) is 0 Å². The number of halogens is 1. The zero-order chi connectivity index (χ0) is 13.0. The van der Waals surface area contributed by atoms with E-state index in [0.717, 1.165) is 30.4 Å². The van der Waals surface area contributed by atoms with Crippen molar-refractivity contribution in [2.75, 3.05) is 20.2 Å². The minimum atomic E-state index is 0.357. The zero-order valence-electron chi connectivity index (χ0n) is 10.7. The van der Waals surface area contributed by atoms with Gasteiger partial charge < -0.3 is 10.5 Å². The van der Waals surface area contributed by atoms with Crippen LogP contribution in [0.15, 0.2) is 22.9 Å². The van der Waals surface area contributed by atoms with Crippen molar-refractivity contribution in [3.8, 4) is 0 Å². The maximum absolute atomic E-state index is 5.87. The Balaban J connectivity index is 2.00. The van der Waals surface area contributed by atoms with Crippen molar-refractivity contribution in [3.05, 3.63) is 28.5 Å². The summed E-state index contributed by atoms with van der Waals surface area (Å²) >= 11 is 3.45. The highest BCUT2D eigenvalue weighted by molar-refractivity contribution is 9.10. The molecule has 1 aliphatic rings. The molecule has 1 aromatic heterocycles. The largest absolute Gasteiger partial charge is 0.381 e. The molecule has 1 fully saturated rings. The summed E-state index contributed by atoms with van der Waals surface area (Å²) in [5.41, 5.74) is 7.09. The molecule has 1 aromatic rings. The second kappa shape index (κ2) is 6.61. The normalized spacial score (nSPS) is 25.3. The van der Waals surface area contributed by atoms with Crippen LogP contribution < -0.4 is 5.73 Å². The summed E-state index contributed by atoms with van der Waals surface area (Å²) in [7, 11) is 1.78. The third kappa shape index (κ3) is 3.51. The monoisotopic (exact) mass is 313 g/mol. The predicted molar refractivity (Wildman–Crippen MR) is 75.2 cm³/mol. The Morgan fingerprint density at radius 1 is 1.56 bits per heavy atom. The molecule has 2 N–H and O–H groups in total. The van der Waals surface area contributed by atoms with Crippen molar-refractivity contribution in [2.45, 2.75) is 31.5 Å². The van der Waals surface area contributed by atoms with Crippen molar-refractivity contribution in [3.63, 3.8) is 0 Å². The van der Waals surface area contributed by atoms with Gasteiger partial charge in [-0.1, -0.05) is 0 Å². The number of rotatable bonds is 4. The fourth-order valence-corrected chi connectivity index (χ4v) is 2.92. The molecule has 18 heavy (non-hydrogen) atoms. The number of nitrogens with zero attached hydrogens (tertiary/aromatic N) is 2. The highest BCUT2D eigenvalue weighted by Crippen LogP contribution is 2.21. The molecule has 0 saturated carbocycles. The average molecular weight is 314 g/mol. The summed E-state index contributed by atoms with van der Waals surface area (Å²) in [6, 6.07) is 2.52. The van der Waals surface area contributed by atoms with Crippen molar-refractivity contribution in [2.24, 2.45) is 5.73 Å². The minimum Gasteiger partial charge on any atom is -0.381 e. The molecule has 100 valence electrons. The maximum Gasteiger partial charge on any atom is 0.0599 e. The SMILES string of the molecule is COC1CCN(Cc2cncc(Br)c2)C(CN)C1. The highest BCUT2D eigenvalue weighted by Gasteiger charge is 2.27.